The van der Waals surface area contributed by atoms with Gasteiger partial charge in [0.1, 0.15) is 0 Å². The first-order valence-electron chi connectivity index (χ1n) is 7.88. The predicted molar refractivity (Wildman–Crippen MR) is 90.3 cm³/mol. The lowest BCUT2D eigenvalue weighted by Gasteiger charge is -2.41. The largest absolute Gasteiger partial charge is 0.310 e. The van der Waals surface area contributed by atoms with Gasteiger partial charge in [-0.05, 0) is 60.6 Å². The summed E-state index contributed by atoms with van der Waals surface area (Å²) >= 11 is 5.39. The van der Waals surface area contributed by atoms with E-state index in [2.05, 4.69) is 44.6 Å². The zero-order valence-corrected chi connectivity index (χ0v) is 14.7. The zero-order valence-electron chi connectivity index (χ0n) is 12.3. The standard InChI is InChI=1S/C16H25BrN2S/c1-19(10-15-8-13(17)11-20-15)9-14-7-6-12-4-2-3-5-16(12)18-14/h8,11-12,14,16,18H,2-7,9-10H2,1H3. The van der Waals surface area contributed by atoms with Crippen LogP contribution in [0.25, 0.3) is 0 Å². The monoisotopic (exact) mass is 356 g/mol. The average molecular weight is 357 g/mol. The zero-order chi connectivity index (χ0) is 13.9. The molecule has 2 heterocycles. The fraction of sp³-hybridized carbons (Fsp3) is 0.750. The lowest BCUT2D eigenvalue weighted by Crippen LogP contribution is -2.52. The van der Waals surface area contributed by atoms with Gasteiger partial charge < -0.3 is 5.32 Å². The molecular formula is C16H25BrN2S. The third-order valence-corrected chi connectivity index (χ3v) is 6.51. The highest BCUT2D eigenvalue weighted by Gasteiger charge is 2.31. The van der Waals surface area contributed by atoms with Crippen molar-refractivity contribution in [3.05, 3.63) is 20.8 Å². The highest BCUT2D eigenvalue weighted by Crippen LogP contribution is 2.32. The first-order valence-corrected chi connectivity index (χ1v) is 9.55. The van der Waals surface area contributed by atoms with E-state index in [1.807, 2.05) is 11.3 Å². The Kier molecular flexibility index (Phi) is 5.18. The second-order valence-corrected chi connectivity index (χ2v) is 8.43. The van der Waals surface area contributed by atoms with Gasteiger partial charge in [0.15, 0.2) is 0 Å². The Morgan fingerprint density at radius 1 is 1.30 bits per heavy atom. The van der Waals surface area contributed by atoms with Gasteiger partial charge in [-0.1, -0.05) is 12.8 Å². The Balaban J connectivity index is 1.48. The highest BCUT2D eigenvalue weighted by atomic mass is 79.9. The molecule has 0 bridgehead atoms. The van der Waals surface area contributed by atoms with E-state index in [0.29, 0.717) is 6.04 Å². The fourth-order valence-electron chi connectivity index (χ4n) is 3.86. The van der Waals surface area contributed by atoms with E-state index in [4.69, 9.17) is 0 Å². The molecule has 1 aromatic rings. The van der Waals surface area contributed by atoms with Crippen LogP contribution >= 0.6 is 27.3 Å². The molecule has 1 saturated heterocycles. The van der Waals surface area contributed by atoms with Gasteiger partial charge in [0.05, 0.1) is 0 Å². The van der Waals surface area contributed by atoms with Crippen LogP contribution in [0.4, 0.5) is 0 Å². The second-order valence-electron chi connectivity index (χ2n) is 6.52. The SMILES string of the molecule is CN(Cc1cc(Br)cs1)CC1CCC2CCCCC2N1. The number of halogens is 1. The molecule has 1 aliphatic carbocycles. The maximum absolute atomic E-state index is 3.93. The molecule has 0 spiro atoms. The van der Waals surface area contributed by atoms with E-state index in [1.54, 1.807) is 0 Å². The van der Waals surface area contributed by atoms with Crippen LogP contribution in [0.15, 0.2) is 15.9 Å². The van der Waals surface area contributed by atoms with E-state index < -0.39 is 0 Å². The second kappa shape index (κ2) is 6.91. The Morgan fingerprint density at radius 2 is 2.15 bits per heavy atom. The van der Waals surface area contributed by atoms with Crippen molar-refractivity contribution < 1.29 is 0 Å². The summed E-state index contributed by atoms with van der Waals surface area (Å²) in [6.07, 6.45) is 8.56. The normalized spacial score (nSPS) is 30.4. The maximum atomic E-state index is 3.93. The number of hydrogen-bond acceptors (Lipinski definition) is 3. The van der Waals surface area contributed by atoms with Gasteiger partial charge in [-0.15, -0.1) is 11.3 Å². The van der Waals surface area contributed by atoms with Crippen molar-refractivity contribution in [2.45, 2.75) is 57.2 Å². The van der Waals surface area contributed by atoms with Crippen molar-refractivity contribution >= 4 is 27.3 Å². The number of nitrogens with zero attached hydrogens (tertiary/aromatic N) is 1. The Morgan fingerprint density at radius 3 is 2.95 bits per heavy atom. The molecule has 3 unspecified atom stereocenters. The summed E-state index contributed by atoms with van der Waals surface area (Å²) < 4.78 is 1.21. The summed E-state index contributed by atoms with van der Waals surface area (Å²) in [5.41, 5.74) is 0. The summed E-state index contributed by atoms with van der Waals surface area (Å²) in [4.78, 5) is 3.92. The molecule has 1 saturated carbocycles. The van der Waals surface area contributed by atoms with Gasteiger partial charge in [0.2, 0.25) is 0 Å². The van der Waals surface area contributed by atoms with Crippen molar-refractivity contribution in [2.24, 2.45) is 5.92 Å². The Bertz CT molecular complexity index is 434. The molecule has 1 aliphatic heterocycles. The van der Waals surface area contributed by atoms with Gasteiger partial charge in [-0.2, -0.15) is 0 Å². The molecule has 0 amide bonds. The number of hydrogen-bond donors (Lipinski definition) is 1. The average Bonchev–Trinajstić information content (AvgIpc) is 2.83. The molecule has 1 N–H and O–H groups in total. The number of rotatable bonds is 4. The van der Waals surface area contributed by atoms with E-state index in [9.17, 15) is 0 Å². The number of nitrogens with one attached hydrogen (secondary N) is 1. The minimum atomic E-state index is 0.697. The summed E-state index contributed by atoms with van der Waals surface area (Å²) in [6.45, 7) is 2.25. The van der Waals surface area contributed by atoms with Crippen molar-refractivity contribution in [1.29, 1.82) is 0 Å². The topological polar surface area (TPSA) is 15.3 Å². The molecule has 1 aromatic heterocycles. The molecule has 112 valence electrons. The lowest BCUT2D eigenvalue weighted by atomic mass is 9.78. The van der Waals surface area contributed by atoms with E-state index >= 15 is 0 Å². The maximum Gasteiger partial charge on any atom is 0.0325 e. The molecule has 2 nitrogen and oxygen atoms in total. The number of piperidine rings is 1. The molecule has 3 rings (SSSR count). The summed E-state index contributed by atoms with van der Waals surface area (Å²) in [7, 11) is 2.25. The summed E-state index contributed by atoms with van der Waals surface area (Å²) in [6, 6.07) is 3.75. The van der Waals surface area contributed by atoms with E-state index in [-0.39, 0.29) is 0 Å². The van der Waals surface area contributed by atoms with Gasteiger partial charge >= 0.3 is 0 Å². The third kappa shape index (κ3) is 3.85. The molecule has 0 aromatic carbocycles. The highest BCUT2D eigenvalue weighted by molar-refractivity contribution is 9.10. The van der Waals surface area contributed by atoms with Crippen molar-refractivity contribution in [2.75, 3.05) is 13.6 Å². The predicted octanol–water partition coefficient (Wildman–Crippen LogP) is 4.25. The van der Waals surface area contributed by atoms with E-state index in [1.165, 1.54) is 54.4 Å². The molecule has 20 heavy (non-hydrogen) atoms. The van der Waals surface area contributed by atoms with Gasteiger partial charge in [0.25, 0.3) is 0 Å². The summed E-state index contributed by atoms with van der Waals surface area (Å²) in [5, 5.41) is 6.11. The van der Waals surface area contributed by atoms with Crippen LogP contribution in [-0.4, -0.2) is 30.6 Å². The number of fused-ring (bicyclic) bond motifs is 1. The molecule has 4 heteroatoms. The minimum absolute atomic E-state index is 0.697. The van der Waals surface area contributed by atoms with Crippen molar-refractivity contribution in [1.82, 2.24) is 10.2 Å². The van der Waals surface area contributed by atoms with Crippen LogP contribution in [0.3, 0.4) is 0 Å². The van der Waals surface area contributed by atoms with Crippen molar-refractivity contribution in [3.8, 4) is 0 Å². The van der Waals surface area contributed by atoms with Gasteiger partial charge in [0, 0.05) is 39.9 Å². The Hall–Kier alpha value is 0.1000. The van der Waals surface area contributed by atoms with Crippen LogP contribution in [-0.2, 0) is 6.54 Å². The van der Waals surface area contributed by atoms with Gasteiger partial charge in [-0.25, -0.2) is 0 Å². The van der Waals surface area contributed by atoms with Crippen molar-refractivity contribution in [3.63, 3.8) is 0 Å². The summed E-state index contributed by atoms with van der Waals surface area (Å²) in [5.74, 6) is 0.971. The van der Waals surface area contributed by atoms with Crippen LogP contribution in [0.2, 0.25) is 0 Å². The lowest BCUT2D eigenvalue weighted by molar-refractivity contribution is 0.151. The number of thiophene rings is 1. The molecule has 0 radical (unpaired) electrons. The van der Waals surface area contributed by atoms with Crippen LogP contribution in [0, 0.1) is 5.92 Å². The minimum Gasteiger partial charge on any atom is -0.310 e. The number of likely N-dealkylation sites (N-methyl/N-ethyl adjacent to an activating group) is 1. The molecule has 2 aliphatic rings. The van der Waals surface area contributed by atoms with E-state index in [0.717, 1.165) is 18.5 Å². The van der Waals surface area contributed by atoms with Crippen LogP contribution in [0.1, 0.15) is 43.4 Å². The molecule has 2 fully saturated rings. The molecule has 3 atom stereocenters. The first-order chi connectivity index (χ1) is 9.70. The first kappa shape index (κ1) is 15.0. The molecular weight excluding hydrogens is 332 g/mol. The third-order valence-electron chi connectivity index (χ3n) is 4.82. The van der Waals surface area contributed by atoms with Crippen LogP contribution in [0.5, 0.6) is 0 Å². The van der Waals surface area contributed by atoms with Crippen LogP contribution < -0.4 is 5.32 Å². The van der Waals surface area contributed by atoms with Gasteiger partial charge in [-0.3, -0.25) is 4.90 Å². The quantitative estimate of drug-likeness (QED) is 0.867. The fourth-order valence-corrected chi connectivity index (χ4v) is 5.39. The smallest absolute Gasteiger partial charge is 0.0325 e. The Labute approximate surface area is 135 Å².